The molecule has 4 saturated carbocycles. The van der Waals surface area contributed by atoms with E-state index in [2.05, 4.69) is 28.1 Å². The molecule has 4 bridgehead atoms. The second kappa shape index (κ2) is 4.95. The van der Waals surface area contributed by atoms with Gasteiger partial charge < -0.3 is 9.88 Å². The molecule has 1 aromatic heterocycles. The van der Waals surface area contributed by atoms with E-state index >= 15 is 0 Å². The first-order chi connectivity index (χ1) is 12.8. The van der Waals surface area contributed by atoms with Gasteiger partial charge in [0.15, 0.2) is 0 Å². The predicted molar refractivity (Wildman–Crippen MR) is 104 cm³/mol. The molecule has 0 saturated heterocycles. The number of benzene rings is 1. The highest BCUT2D eigenvalue weighted by Gasteiger charge is 2.51. The molecule has 2 heterocycles. The van der Waals surface area contributed by atoms with Crippen LogP contribution in [0.1, 0.15) is 74.2 Å². The van der Waals surface area contributed by atoms with Crippen LogP contribution in [0.2, 0.25) is 0 Å². The van der Waals surface area contributed by atoms with Crippen molar-refractivity contribution in [3.63, 3.8) is 0 Å². The van der Waals surface area contributed by atoms with Gasteiger partial charge in [0.25, 0.3) is 0 Å². The molecular formula is C24H31N2+. The van der Waals surface area contributed by atoms with Gasteiger partial charge in [0, 0.05) is 17.3 Å². The van der Waals surface area contributed by atoms with E-state index in [4.69, 9.17) is 0 Å². The molecule has 8 rings (SSSR count). The Hall–Kier alpha value is -1.28. The lowest BCUT2D eigenvalue weighted by molar-refractivity contribution is -0.704. The second-order valence-corrected chi connectivity index (χ2v) is 10.5. The molecule has 0 spiro atoms. The van der Waals surface area contributed by atoms with Crippen molar-refractivity contribution in [2.45, 2.75) is 75.8 Å². The molecule has 1 atom stereocenters. The second-order valence-electron chi connectivity index (χ2n) is 10.5. The number of quaternary nitrogens is 1. The highest BCUT2D eigenvalue weighted by molar-refractivity contribution is 5.87. The van der Waals surface area contributed by atoms with E-state index in [-0.39, 0.29) is 0 Å². The van der Waals surface area contributed by atoms with Crippen LogP contribution in [0, 0.1) is 17.8 Å². The number of nitrogens with two attached hydrogens (primary N) is 1. The Labute approximate surface area is 156 Å². The number of rotatable bonds is 1. The summed E-state index contributed by atoms with van der Waals surface area (Å²) in [4.78, 5) is 0. The Morgan fingerprint density at radius 3 is 2.54 bits per heavy atom. The van der Waals surface area contributed by atoms with Crippen LogP contribution in [-0.2, 0) is 18.4 Å². The third-order valence-corrected chi connectivity index (χ3v) is 8.96. The Morgan fingerprint density at radius 1 is 1.00 bits per heavy atom. The maximum atomic E-state index is 2.69. The Bertz CT molecular complexity index is 867. The third kappa shape index (κ3) is 1.82. The molecule has 0 radical (unpaired) electrons. The zero-order valence-electron chi connectivity index (χ0n) is 15.8. The van der Waals surface area contributed by atoms with Gasteiger partial charge in [0.1, 0.15) is 6.04 Å². The number of aryl methyl sites for hydroxylation is 1. The van der Waals surface area contributed by atoms with E-state index in [0.29, 0.717) is 5.41 Å². The van der Waals surface area contributed by atoms with Gasteiger partial charge in [0.05, 0.1) is 18.8 Å². The molecule has 2 nitrogen and oxygen atoms in total. The quantitative estimate of drug-likeness (QED) is 0.803. The van der Waals surface area contributed by atoms with Gasteiger partial charge >= 0.3 is 0 Å². The molecular weight excluding hydrogens is 316 g/mol. The average Bonchev–Trinajstić information content (AvgIpc) is 2.97. The lowest BCUT2D eigenvalue weighted by atomic mass is 9.48. The standard InChI is InChI=1S/C24H30N2/c1-2-19-20-11-18(24-12-15-8-16(13-24)10-17(9-15)14-24)4-5-22(20)26-7-6-25-21(3-1)23(19)26/h4-5,11,15-17,21,25H,1-3,6-10,12-14H2/p+1/t15?,16?,17?,21-,24?/m0/s1. The summed E-state index contributed by atoms with van der Waals surface area (Å²) in [5.41, 5.74) is 7.22. The number of nitrogens with zero attached hydrogens (tertiary/aromatic N) is 1. The van der Waals surface area contributed by atoms with Crippen LogP contribution >= 0.6 is 0 Å². The van der Waals surface area contributed by atoms with Crippen molar-refractivity contribution >= 4 is 10.9 Å². The predicted octanol–water partition coefficient (Wildman–Crippen LogP) is 4.06. The van der Waals surface area contributed by atoms with Crippen LogP contribution in [-0.4, -0.2) is 11.1 Å². The van der Waals surface area contributed by atoms with Crippen LogP contribution in [0.5, 0.6) is 0 Å². The minimum atomic E-state index is 0.540. The van der Waals surface area contributed by atoms with E-state index < -0.39 is 0 Å². The van der Waals surface area contributed by atoms with Crippen molar-refractivity contribution < 1.29 is 5.32 Å². The average molecular weight is 348 g/mol. The molecule has 2 aromatic rings. The minimum absolute atomic E-state index is 0.540. The molecule has 0 amide bonds. The van der Waals surface area contributed by atoms with E-state index in [0.717, 1.165) is 23.8 Å². The van der Waals surface area contributed by atoms with Crippen molar-refractivity contribution in [2.24, 2.45) is 17.8 Å². The molecule has 26 heavy (non-hydrogen) atoms. The fraction of sp³-hybridized carbons (Fsp3) is 0.667. The summed E-state index contributed by atoms with van der Waals surface area (Å²) in [6, 6.07) is 8.50. The molecule has 2 N–H and O–H groups in total. The molecule has 2 heteroatoms. The minimum Gasteiger partial charge on any atom is -0.337 e. The number of aromatic nitrogens is 1. The van der Waals surface area contributed by atoms with Crippen LogP contribution < -0.4 is 5.32 Å². The van der Waals surface area contributed by atoms with Gasteiger partial charge in [-0.25, -0.2) is 0 Å². The van der Waals surface area contributed by atoms with Gasteiger partial charge in [-0.15, -0.1) is 0 Å². The van der Waals surface area contributed by atoms with Crippen molar-refractivity contribution in [1.82, 2.24) is 4.57 Å². The summed E-state index contributed by atoms with van der Waals surface area (Å²) >= 11 is 0. The van der Waals surface area contributed by atoms with Crippen LogP contribution in [0.4, 0.5) is 0 Å². The van der Waals surface area contributed by atoms with Gasteiger partial charge in [-0.05, 0) is 97.8 Å². The topological polar surface area (TPSA) is 21.5 Å². The van der Waals surface area contributed by atoms with Crippen molar-refractivity contribution in [3.8, 4) is 0 Å². The van der Waals surface area contributed by atoms with Crippen LogP contribution in [0.15, 0.2) is 18.2 Å². The van der Waals surface area contributed by atoms with Gasteiger partial charge in [0.2, 0.25) is 0 Å². The zero-order valence-corrected chi connectivity index (χ0v) is 15.8. The molecule has 6 aliphatic rings. The number of hydrogen-bond donors (Lipinski definition) is 1. The fourth-order valence-electron chi connectivity index (χ4n) is 8.44. The largest absolute Gasteiger partial charge is 0.337 e. The Morgan fingerprint density at radius 2 is 1.77 bits per heavy atom. The maximum absolute atomic E-state index is 2.69. The molecule has 1 aliphatic heterocycles. The van der Waals surface area contributed by atoms with Gasteiger partial charge in [-0.3, -0.25) is 0 Å². The highest BCUT2D eigenvalue weighted by atomic mass is 15.1. The molecule has 0 unspecified atom stereocenters. The van der Waals surface area contributed by atoms with Crippen molar-refractivity contribution in [1.29, 1.82) is 0 Å². The van der Waals surface area contributed by atoms with E-state index in [1.165, 1.54) is 51.6 Å². The smallest absolute Gasteiger partial charge is 0.127 e. The zero-order chi connectivity index (χ0) is 16.9. The highest BCUT2D eigenvalue weighted by Crippen LogP contribution is 2.61. The first kappa shape index (κ1) is 14.7. The summed E-state index contributed by atoms with van der Waals surface area (Å²) in [5, 5.41) is 4.24. The van der Waals surface area contributed by atoms with Crippen LogP contribution in [0.3, 0.4) is 0 Å². The first-order valence-electron chi connectivity index (χ1n) is 11.3. The molecule has 5 aliphatic carbocycles. The fourth-order valence-corrected chi connectivity index (χ4v) is 8.44. The summed E-state index contributed by atoms with van der Waals surface area (Å²) in [6.45, 7) is 2.47. The lowest BCUT2D eigenvalue weighted by Crippen LogP contribution is -2.88. The monoisotopic (exact) mass is 347 g/mol. The molecule has 4 fully saturated rings. The van der Waals surface area contributed by atoms with Gasteiger partial charge in [-0.2, -0.15) is 0 Å². The van der Waals surface area contributed by atoms with Crippen LogP contribution in [0.25, 0.3) is 10.9 Å². The summed E-state index contributed by atoms with van der Waals surface area (Å²) in [5.74, 6) is 3.12. The number of hydrogen-bond acceptors (Lipinski definition) is 0. The van der Waals surface area contributed by atoms with Gasteiger partial charge in [-0.1, -0.05) is 6.07 Å². The first-order valence-corrected chi connectivity index (χ1v) is 11.3. The van der Waals surface area contributed by atoms with Crippen molar-refractivity contribution in [3.05, 3.63) is 35.0 Å². The van der Waals surface area contributed by atoms with E-state index in [9.17, 15) is 0 Å². The summed E-state index contributed by atoms with van der Waals surface area (Å²) in [6.07, 6.45) is 13.2. The van der Waals surface area contributed by atoms with E-state index in [1.807, 2.05) is 0 Å². The Balaban J connectivity index is 1.41. The normalized spacial score (nSPS) is 40.2. The Kier molecular flexibility index (Phi) is 2.81. The van der Waals surface area contributed by atoms with E-state index in [1.54, 1.807) is 47.0 Å². The molecule has 136 valence electrons. The molecule has 1 aromatic carbocycles. The SMILES string of the molecule is c1cc2c(cc1C13CC4CC(CC(C4)C1)C3)c1c3n2CC[NH2+][C@H]3CCC1. The summed E-state index contributed by atoms with van der Waals surface area (Å²) < 4.78 is 2.69. The maximum Gasteiger partial charge on any atom is 0.127 e. The number of fused-ring (bicyclic) bond motifs is 3. The lowest BCUT2D eigenvalue weighted by Gasteiger charge is -2.57. The van der Waals surface area contributed by atoms with Crippen molar-refractivity contribution in [2.75, 3.05) is 6.54 Å². The summed E-state index contributed by atoms with van der Waals surface area (Å²) in [7, 11) is 0. The third-order valence-electron chi connectivity index (χ3n) is 8.96.